The molecule has 3 rings (SSSR count). The van der Waals surface area contributed by atoms with Crippen LogP contribution in [-0.4, -0.2) is 39.2 Å². The molecule has 0 saturated heterocycles. The third-order valence-electron chi connectivity index (χ3n) is 4.84. The van der Waals surface area contributed by atoms with Crippen LogP contribution in [0.5, 0.6) is 11.5 Å². The van der Waals surface area contributed by atoms with Crippen LogP contribution in [-0.2, 0) is 23.5 Å². The Hall–Kier alpha value is -3.33. The molecule has 1 heterocycles. The van der Waals surface area contributed by atoms with E-state index in [-0.39, 0.29) is 17.9 Å². The molecule has 0 radical (unpaired) electrons. The van der Waals surface area contributed by atoms with Crippen molar-refractivity contribution >= 4 is 21.5 Å². The Balaban J connectivity index is 1.86. The van der Waals surface area contributed by atoms with Gasteiger partial charge in [-0.25, -0.2) is 12.8 Å². The van der Waals surface area contributed by atoms with E-state index < -0.39 is 15.8 Å². The number of sulfonamides is 1. The molecule has 0 unspecified atom stereocenters. The zero-order chi connectivity index (χ0) is 22.8. The summed E-state index contributed by atoms with van der Waals surface area (Å²) in [5.74, 6) is 0.193. The summed E-state index contributed by atoms with van der Waals surface area (Å²) in [5.41, 5.74) is 2.06. The van der Waals surface area contributed by atoms with Crippen molar-refractivity contribution in [3.63, 3.8) is 0 Å². The van der Waals surface area contributed by atoms with Gasteiger partial charge in [0.05, 0.1) is 37.4 Å². The highest BCUT2D eigenvalue weighted by molar-refractivity contribution is 7.92. The topological polar surface area (TPSA) is 86.6 Å². The Labute approximate surface area is 180 Å². The van der Waals surface area contributed by atoms with Crippen LogP contribution in [0.25, 0.3) is 0 Å². The van der Waals surface area contributed by atoms with Crippen LogP contribution in [0.2, 0.25) is 0 Å². The number of carbonyl (C=O) groups excluding carboxylic acids is 1. The first kappa shape index (κ1) is 22.4. The fourth-order valence-corrected chi connectivity index (χ4v) is 3.80. The maximum Gasteiger partial charge on any atom is 0.229 e. The van der Waals surface area contributed by atoms with Gasteiger partial charge in [-0.3, -0.25) is 9.52 Å². The number of rotatable bonds is 8. The van der Waals surface area contributed by atoms with Crippen molar-refractivity contribution in [2.75, 3.05) is 25.2 Å². The molecule has 7 nitrogen and oxygen atoms in total. The van der Waals surface area contributed by atoms with Crippen molar-refractivity contribution in [3.8, 4) is 11.5 Å². The Morgan fingerprint density at radius 1 is 1.06 bits per heavy atom. The van der Waals surface area contributed by atoms with E-state index >= 15 is 0 Å². The molecule has 164 valence electrons. The number of methoxy groups -OCH3 is 2. The number of halogens is 1. The first-order valence-corrected chi connectivity index (χ1v) is 11.2. The predicted molar refractivity (Wildman–Crippen MR) is 116 cm³/mol. The van der Waals surface area contributed by atoms with Crippen molar-refractivity contribution in [2.24, 2.45) is 7.05 Å². The zero-order valence-electron chi connectivity index (χ0n) is 17.6. The summed E-state index contributed by atoms with van der Waals surface area (Å²) < 4.78 is 51.6. The molecule has 0 atom stereocenters. The molecule has 0 amide bonds. The predicted octanol–water partition coefficient (Wildman–Crippen LogP) is 3.37. The fraction of sp³-hybridized carbons (Fsp3) is 0.227. The summed E-state index contributed by atoms with van der Waals surface area (Å²) in [6.07, 6.45) is 1.23. The van der Waals surface area contributed by atoms with E-state index in [2.05, 4.69) is 4.72 Å². The van der Waals surface area contributed by atoms with Crippen molar-refractivity contribution < 1.29 is 27.1 Å². The number of anilines is 1. The van der Waals surface area contributed by atoms with E-state index in [0.717, 1.165) is 18.0 Å². The van der Waals surface area contributed by atoms with Gasteiger partial charge in [-0.05, 0) is 42.0 Å². The number of benzene rings is 2. The highest BCUT2D eigenvalue weighted by Gasteiger charge is 2.20. The largest absolute Gasteiger partial charge is 0.497 e. The minimum absolute atomic E-state index is 0.151. The van der Waals surface area contributed by atoms with Gasteiger partial charge in [0.2, 0.25) is 15.8 Å². The van der Waals surface area contributed by atoms with Gasteiger partial charge < -0.3 is 14.0 Å². The van der Waals surface area contributed by atoms with Crippen molar-refractivity contribution in [3.05, 3.63) is 76.9 Å². The summed E-state index contributed by atoms with van der Waals surface area (Å²) in [7, 11) is 1.25. The van der Waals surface area contributed by atoms with Crippen LogP contribution in [0.4, 0.5) is 10.1 Å². The number of carbonyl (C=O) groups is 1. The number of aromatic nitrogens is 1. The van der Waals surface area contributed by atoms with Gasteiger partial charge in [0, 0.05) is 25.2 Å². The molecule has 0 fully saturated rings. The van der Waals surface area contributed by atoms with Gasteiger partial charge in [0.1, 0.15) is 17.3 Å². The zero-order valence-corrected chi connectivity index (χ0v) is 18.4. The molecule has 0 aliphatic carbocycles. The van der Waals surface area contributed by atoms with Crippen molar-refractivity contribution in [1.82, 2.24) is 4.57 Å². The molecule has 0 bridgehead atoms. The second kappa shape index (κ2) is 8.81. The lowest BCUT2D eigenvalue weighted by Gasteiger charge is -2.12. The molecular weight excluding hydrogens is 423 g/mol. The van der Waals surface area contributed by atoms with Gasteiger partial charge in [-0.1, -0.05) is 6.07 Å². The number of ketones is 1. The lowest BCUT2D eigenvalue weighted by Crippen LogP contribution is -2.11. The number of hydrogen-bond donors (Lipinski definition) is 1. The molecule has 1 aromatic heterocycles. The lowest BCUT2D eigenvalue weighted by molar-refractivity contribution is 0.102. The summed E-state index contributed by atoms with van der Waals surface area (Å²) in [6.45, 7) is 0. The fourth-order valence-electron chi connectivity index (χ4n) is 3.25. The molecule has 31 heavy (non-hydrogen) atoms. The quantitative estimate of drug-likeness (QED) is 0.536. The molecular formula is C22H23FN2O5S. The van der Waals surface area contributed by atoms with Crippen molar-refractivity contribution in [2.45, 2.75) is 6.42 Å². The summed E-state index contributed by atoms with van der Waals surface area (Å²) in [6, 6.07) is 12.5. The van der Waals surface area contributed by atoms with Crippen molar-refractivity contribution in [1.29, 1.82) is 0 Å². The molecule has 0 aliphatic rings. The Morgan fingerprint density at radius 2 is 1.81 bits per heavy atom. The first-order chi connectivity index (χ1) is 14.6. The third kappa shape index (κ3) is 5.05. The second-order valence-electron chi connectivity index (χ2n) is 7.02. The summed E-state index contributed by atoms with van der Waals surface area (Å²) in [4.78, 5) is 13.1. The smallest absolute Gasteiger partial charge is 0.229 e. The number of nitrogens with zero attached hydrogens (tertiary/aromatic N) is 1. The highest BCUT2D eigenvalue weighted by atomic mass is 32.2. The monoisotopic (exact) mass is 446 g/mol. The van der Waals surface area contributed by atoms with Crippen LogP contribution in [0, 0.1) is 5.82 Å². The van der Waals surface area contributed by atoms with E-state index in [9.17, 15) is 17.6 Å². The number of ether oxygens (including phenoxy) is 2. The number of hydrogen-bond acceptors (Lipinski definition) is 5. The summed E-state index contributed by atoms with van der Waals surface area (Å²) in [5, 5.41) is 0. The average molecular weight is 447 g/mol. The van der Waals surface area contributed by atoms with E-state index in [1.165, 1.54) is 26.4 Å². The van der Waals surface area contributed by atoms with Crippen LogP contribution in [0.1, 0.15) is 27.3 Å². The average Bonchev–Trinajstić information content (AvgIpc) is 3.08. The van der Waals surface area contributed by atoms with E-state index in [1.807, 2.05) is 0 Å². The van der Waals surface area contributed by atoms with Gasteiger partial charge in [-0.2, -0.15) is 0 Å². The maximum atomic E-state index is 14.5. The molecule has 0 aliphatic heterocycles. The minimum atomic E-state index is -3.49. The van der Waals surface area contributed by atoms with Gasteiger partial charge in [0.25, 0.3) is 0 Å². The first-order valence-electron chi connectivity index (χ1n) is 9.30. The third-order valence-corrected chi connectivity index (χ3v) is 5.45. The standard InChI is InChI=1S/C22H23FN2O5S/c1-25-16(11-14-5-6-15(12-19(14)23)24-31(4,27)28)7-10-20(25)22(26)18-9-8-17(29-2)13-21(18)30-3/h5-10,12-13,24H,11H2,1-4H3. The van der Waals surface area contributed by atoms with Gasteiger partial charge in [-0.15, -0.1) is 0 Å². The normalized spacial score (nSPS) is 11.3. The Kier molecular flexibility index (Phi) is 6.35. The second-order valence-corrected chi connectivity index (χ2v) is 8.77. The van der Waals surface area contributed by atoms with Crippen LogP contribution in [0.15, 0.2) is 48.5 Å². The van der Waals surface area contributed by atoms with Crippen LogP contribution < -0.4 is 14.2 Å². The Bertz CT molecular complexity index is 1230. The Morgan fingerprint density at radius 3 is 2.42 bits per heavy atom. The van der Waals surface area contributed by atoms with Gasteiger partial charge in [0.15, 0.2) is 0 Å². The minimum Gasteiger partial charge on any atom is -0.497 e. The molecule has 2 aromatic carbocycles. The highest BCUT2D eigenvalue weighted by Crippen LogP contribution is 2.28. The van der Waals surface area contributed by atoms with Crippen LogP contribution >= 0.6 is 0 Å². The molecule has 0 saturated carbocycles. The van der Waals surface area contributed by atoms with Gasteiger partial charge >= 0.3 is 0 Å². The SMILES string of the molecule is COc1ccc(C(=O)c2ccc(Cc3ccc(NS(C)(=O)=O)cc3F)n2C)c(OC)c1. The molecule has 9 heteroatoms. The number of nitrogens with one attached hydrogen (secondary N) is 1. The molecule has 0 spiro atoms. The lowest BCUT2D eigenvalue weighted by atomic mass is 10.1. The molecule has 1 N–H and O–H groups in total. The van der Waals surface area contributed by atoms with E-state index in [1.54, 1.807) is 41.9 Å². The maximum absolute atomic E-state index is 14.5. The molecule has 3 aromatic rings. The van der Waals surface area contributed by atoms with E-state index in [0.29, 0.717) is 28.3 Å². The summed E-state index contributed by atoms with van der Waals surface area (Å²) >= 11 is 0. The van der Waals surface area contributed by atoms with Crippen LogP contribution in [0.3, 0.4) is 0 Å². The van der Waals surface area contributed by atoms with E-state index in [4.69, 9.17) is 9.47 Å².